The van der Waals surface area contributed by atoms with E-state index >= 15 is 0 Å². The number of carbonyl (C=O) groups excluding carboxylic acids is 1. The SMILES string of the molecule is CN=C(NCc1cccnc1N1CCCC(C(N)=O)C1)NCC(C)c1cccs1.I. The lowest BCUT2D eigenvalue weighted by Gasteiger charge is -2.33. The van der Waals surface area contributed by atoms with Crippen LogP contribution in [0, 0.1) is 5.92 Å². The fraction of sp³-hybridized carbons (Fsp3) is 0.476. The number of thiophene rings is 1. The third kappa shape index (κ3) is 6.56. The van der Waals surface area contributed by atoms with E-state index in [0.717, 1.165) is 43.3 Å². The van der Waals surface area contributed by atoms with Crippen LogP contribution in [0.5, 0.6) is 0 Å². The van der Waals surface area contributed by atoms with Crippen LogP contribution in [0.2, 0.25) is 0 Å². The van der Waals surface area contributed by atoms with Crippen LogP contribution in [0.25, 0.3) is 0 Å². The number of hydrogen-bond acceptors (Lipinski definition) is 5. The summed E-state index contributed by atoms with van der Waals surface area (Å²) >= 11 is 1.77. The van der Waals surface area contributed by atoms with Gasteiger partial charge in [-0.1, -0.05) is 19.1 Å². The van der Waals surface area contributed by atoms with Crippen molar-refractivity contribution in [2.24, 2.45) is 16.6 Å². The zero-order chi connectivity index (χ0) is 20.6. The molecule has 0 aromatic carbocycles. The first-order chi connectivity index (χ1) is 14.1. The van der Waals surface area contributed by atoms with Gasteiger partial charge in [0.25, 0.3) is 0 Å². The van der Waals surface area contributed by atoms with Crippen LogP contribution in [0.3, 0.4) is 0 Å². The third-order valence-electron chi connectivity index (χ3n) is 5.27. The van der Waals surface area contributed by atoms with Crippen molar-refractivity contribution in [3.8, 4) is 0 Å². The molecule has 1 aliphatic rings. The minimum absolute atomic E-state index is 0. The molecule has 4 N–H and O–H groups in total. The second-order valence-electron chi connectivity index (χ2n) is 7.40. The third-order valence-corrected chi connectivity index (χ3v) is 6.37. The highest BCUT2D eigenvalue weighted by atomic mass is 127. The molecule has 0 aliphatic carbocycles. The van der Waals surface area contributed by atoms with Gasteiger partial charge in [0, 0.05) is 55.8 Å². The molecule has 1 fully saturated rings. The van der Waals surface area contributed by atoms with E-state index in [4.69, 9.17) is 5.73 Å². The lowest BCUT2D eigenvalue weighted by atomic mass is 9.97. The Bertz CT molecular complexity index is 829. The summed E-state index contributed by atoms with van der Waals surface area (Å²) in [6, 6.07) is 8.24. The van der Waals surface area contributed by atoms with Crippen LogP contribution in [0.4, 0.5) is 5.82 Å². The fourth-order valence-electron chi connectivity index (χ4n) is 3.58. The Morgan fingerprint density at radius 3 is 2.93 bits per heavy atom. The molecular weight excluding hydrogens is 511 g/mol. The number of halogens is 1. The van der Waals surface area contributed by atoms with Gasteiger partial charge in [-0.3, -0.25) is 9.79 Å². The predicted octanol–water partition coefficient (Wildman–Crippen LogP) is 2.93. The van der Waals surface area contributed by atoms with Crippen molar-refractivity contribution in [2.75, 3.05) is 31.6 Å². The van der Waals surface area contributed by atoms with Gasteiger partial charge >= 0.3 is 0 Å². The maximum absolute atomic E-state index is 11.6. The fourth-order valence-corrected chi connectivity index (χ4v) is 4.36. The minimum atomic E-state index is -0.227. The first-order valence-corrected chi connectivity index (χ1v) is 10.9. The average molecular weight is 542 g/mol. The van der Waals surface area contributed by atoms with Gasteiger partial charge in [-0.15, -0.1) is 35.3 Å². The average Bonchev–Trinajstić information content (AvgIpc) is 3.29. The Kier molecular flexibility index (Phi) is 9.83. The first kappa shape index (κ1) is 24.4. The van der Waals surface area contributed by atoms with Crippen LogP contribution in [-0.4, -0.2) is 43.5 Å². The molecule has 0 bridgehead atoms. The Labute approximate surface area is 199 Å². The van der Waals surface area contributed by atoms with E-state index in [1.165, 1.54) is 4.88 Å². The van der Waals surface area contributed by atoms with Crippen molar-refractivity contribution in [3.05, 3.63) is 46.3 Å². The summed E-state index contributed by atoms with van der Waals surface area (Å²) in [6.45, 7) is 5.14. The van der Waals surface area contributed by atoms with Gasteiger partial charge in [0.05, 0.1) is 5.92 Å². The van der Waals surface area contributed by atoms with Crippen molar-refractivity contribution in [2.45, 2.75) is 32.2 Å². The zero-order valence-corrected chi connectivity index (χ0v) is 20.7. The van der Waals surface area contributed by atoms with Gasteiger partial charge in [-0.05, 0) is 30.4 Å². The van der Waals surface area contributed by atoms with Gasteiger partial charge in [-0.25, -0.2) is 4.98 Å². The van der Waals surface area contributed by atoms with Gasteiger partial charge in [0.2, 0.25) is 5.91 Å². The standard InChI is InChI=1S/C21H30N6OS.HI/c1-15(18-8-5-11-29-18)12-25-21(23-2)26-13-16-6-3-9-24-20(16)27-10-4-7-17(14-27)19(22)28;/h3,5-6,8-9,11,15,17H,4,7,10,12-14H2,1-2H3,(H2,22,28)(H2,23,25,26);1H. The highest BCUT2D eigenvalue weighted by Gasteiger charge is 2.26. The van der Waals surface area contributed by atoms with Gasteiger partial charge in [-0.2, -0.15) is 0 Å². The van der Waals surface area contributed by atoms with E-state index in [1.807, 2.05) is 6.07 Å². The summed E-state index contributed by atoms with van der Waals surface area (Å²) in [6.07, 6.45) is 3.59. The molecule has 0 radical (unpaired) electrons. The second-order valence-corrected chi connectivity index (χ2v) is 8.38. The smallest absolute Gasteiger partial charge is 0.222 e. The van der Waals surface area contributed by atoms with E-state index < -0.39 is 0 Å². The molecule has 164 valence electrons. The topological polar surface area (TPSA) is 95.6 Å². The van der Waals surface area contributed by atoms with Gasteiger partial charge in [0.15, 0.2) is 5.96 Å². The van der Waals surface area contributed by atoms with E-state index in [-0.39, 0.29) is 35.8 Å². The Balaban J connectivity index is 0.00000320. The molecule has 1 aliphatic heterocycles. The first-order valence-electron chi connectivity index (χ1n) is 10.0. The zero-order valence-electron chi connectivity index (χ0n) is 17.5. The Hall–Kier alpha value is -1.88. The van der Waals surface area contributed by atoms with Crippen molar-refractivity contribution >= 4 is 53.0 Å². The summed E-state index contributed by atoms with van der Waals surface area (Å²) < 4.78 is 0. The molecule has 0 spiro atoms. The summed E-state index contributed by atoms with van der Waals surface area (Å²) in [5.74, 6) is 1.75. The number of piperidine rings is 1. The molecular formula is C21H31IN6OS. The van der Waals surface area contributed by atoms with Crippen LogP contribution in [-0.2, 0) is 11.3 Å². The molecule has 1 saturated heterocycles. The number of nitrogens with zero attached hydrogens (tertiary/aromatic N) is 3. The largest absolute Gasteiger partial charge is 0.369 e. The van der Waals surface area contributed by atoms with E-state index in [2.05, 4.69) is 56.0 Å². The monoisotopic (exact) mass is 542 g/mol. The molecule has 0 saturated carbocycles. The van der Waals surface area contributed by atoms with E-state index in [9.17, 15) is 4.79 Å². The minimum Gasteiger partial charge on any atom is -0.369 e. The Morgan fingerprint density at radius 1 is 1.40 bits per heavy atom. The molecule has 7 nitrogen and oxygen atoms in total. The molecule has 30 heavy (non-hydrogen) atoms. The number of hydrogen-bond donors (Lipinski definition) is 3. The van der Waals surface area contributed by atoms with Crippen molar-refractivity contribution in [3.63, 3.8) is 0 Å². The van der Waals surface area contributed by atoms with Crippen molar-refractivity contribution < 1.29 is 4.79 Å². The maximum atomic E-state index is 11.6. The lowest BCUT2D eigenvalue weighted by Crippen LogP contribution is -2.42. The molecule has 2 unspecified atom stereocenters. The maximum Gasteiger partial charge on any atom is 0.222 e. The number of pyridine rings is 1. The number of anilines is 1. The summed E-state index contributed by atoms with van der Waals surface area (Å²) in [7, 11) is 1.78. The highest BCUT2D eigenvalue weighted by Crippen LogP contribution is 2.24. The number of aromatic nitrogens is 1. The highest BCUT2D eigenvalue weighted by molar-refractivity contribution is 14.0. The summed E-state index contributed by atoms with van der Waals surface area (Å²) in [5.41, 5.74) is 6.61. The molecule has 9 heteroatoms. The van der Waals surface area contributed by atoms with Gasteiger partial charge < -0.3 is 21.3 Å². The van der Waals surface area contributed by atoms with Crippen molar-refractivity contribution in [1.29, 1.82) is 0 Å². The quantitative estimate of drug-likeness (QED) is 0.284. The lowest BCUT2D eigenvalue weighted by molar-refractivity contribution is -0.122. The van der Waals surface area contributed by atoms with Crippen LogP contribution in [0.1, 0.15) is 36.1 Å². The van der Waals surface area contributed by atoms with Crippen LogP contribution < -0.4 is 21.3 Å². The summed E-state index contributed by atoms with van der Waals surface area (Å²) in [5, 5.41) is 8.89. The number of primary amides is 1. The normalized spacial score (nSPS) is 17.7. The molecule has 3 rings (SSSR count). The number of aliphatic imine (C=N–C) groups is 1. The number of amides is 1. The number of guanidine groups is 1. The van der Waals surface area contributed by atoms with E-state index in [0.29, 0.717) is 19.0 Å². The molecule has 2 aromatic rings. The number of carbonyl (C=O) groups is 1. The number of nitrogens with one attached hydrogen (secondary N) is 2. The van der Waals surface area contributed by atoms with Crippen molar-refractivity contribution in [1.82, 2.24) is 15.6 Å². The number of nitrogens with two attached hydrogens (primary N) is 1. The predicted molar refractivity (Wildman–Crippen MR) is 135 cm³/mol. The van der Waals surface area contributed by atoms with Crippen LogP contribution in [0.15, 0.2) is 40.8 Å². The van der Waals surface area contributed by atoms with Gasteiger partial charge in [0.1, 0.15) is 5.82 Å². The molecule has 3 heterocycles. The van der Waals surface area contributed by atoms with E-state index in [1.54, 1.807) is 24.6 Å². The summed E-state index contributed by atoms with van der Waals surface area (Å²) in [4.78, 5) is 24.1. The molecule has 1 amide bonds. The van der Waals surface area contributed by atoms with Crippen LogP contribution >= 0.6 is 35.3 Å². The second kappa shape index (κ2) is 12.1. The molecule has 2 aromatic heterocycles. The Morgan fingerprint density at radius 2 is 2.23 bits per heavy atom. The molecule has 2 atom stereocenters. The number of rotatable bonds is 7.